The zero-order valence-electron chi connectivity index (χ0n) is 22.4. The van der Waals surface area contributed by atoms with Crippen molar-refractivity contribution in [3.63, 3.8) is 0 Å². The summed E-state index contributed by atoms with van der Waals surface area (Å²) in [5.74, 6) is 0.290. The highest BCUT2D eigenvalue weighted by molar-refractivity contribution is 7.09. The van der Waals surface area contributed by atoms with Crippen molar-refractivity contribution >= 4 is 29.0 Å². The number of hydrogen-bond donors (Lipinski definition) is 1. The lowest BCUT2D eigenvalue weighted by molar-refractivity contribution is -0.116. The third-order valence-electron chi connectivity index (χ3n) is 6.86. The Labute approximate surface area is 230 Å². The Kier molecular flexibility index (Phi) is 7.28. The molecule has 2 unspecified atom stereocenters. The molecular formula is C28H31N7O3S. The van der Waals surface area contributed by atoms with E-state index in [0.29, 0.717) is 30.0 Å². The minimum atomic E-state index is -0.923. The highest BCUT2D eigenvalue weighted by Crippen LogP contribution is 2.36. The van der Waals surface area contributed by atoms with Gasteiger partial charge in [-0.1, -0.05) is 30.3 Å². The van der Waals surface area contributed by atoms with Crippen molar-refractivity contribution in [3.05, 3.63) is 75.6 Å². The smallest absolute Gasteiger partial charge is 0.266 e. The molecule has 2 amide bonds. The van der Waals surface area contributed by atoms with Crippen molar-refractivity contribution in [2.45, 2.75) is 51.6 Å². The predicted molar refractivity (Wildman–Crippen MR) is 148 cm³/mol. The largest absolute Gasteiger partial charge is 0.417 e. The number of benzene rings is 1. The number of carbonyl (C=O) groups excluding carboxylic acids is 2. The van der Waals surface area contributed by atoms with E-state index in [-0.39, 0.29) is 29.6 Å². The van der Waals surface area contributed by atoms with Crippen LogP contribution in [0.15, 0.2) is 52.3 Å². The van der Waals surface area contributed by atoms with E-state index in [1.54, 1.807) is 30.5 Å². The zero-order valence-corrected chi connectivity index (χ0v) is 23.2. The second-order valence-corrected chi connectivity index (χ2v) is 11.0. The molecule has 5 rings (SSSR count). The monoisotopic (exact) mass is 545 g/mol. The molecule has 0 saturated carbocycles. The maximum Gasteiger partial charge on any atom is 0.266 e. The molecule has 1 aliphatic rings. The SMILES string of the molecule is CC(=O)N(C)c1cc(C(=O)N2CCCC2c2nc(C)cs2)cc(-c2nnc(C(C)(N)Cc3ccccc3)o2)n1. The summed E-state index contributed by atoms with van der Waals surface area (Å²) >= 11 is 1.57. The van der Waals surface area contributed by atoms with Crippen LogP contribution in [-0.4, -0.2) is 50.5 Å². The lowest BCUT2D eigenvalue weighted by Crippen LogP contribution is -2.35. The van der Waals surface area contributed by atoms with Gasteiger partial charge in [0.2, 0.25) is 11.8 Å². The van der Waals surface area contributed by atoms with E-state index in [1.807, 2.05) is 54.5 Å². The van der Waals surface area contributed by atoms with Crippen LogP contribution in [0.2, 0.25) is 0 Å². The fourth-order valence-corrected chi connectivity index (χ4v) is 5.64. The minimum Gasteiger partial charge on any atom is -0.417 e. The van der Waals surface area contributed by atoms with Crippen molar-refractivity contribution in [1.82, 2.24) is 25.1 Å². The van der Waals surface area contributed by atoms with Crippen molar-refractivity contribution < 1.29 is 14.0 Å². The Morgan fingerprint density at radius 2 is 1.97 bits per heavy atom. The predicted octanol–water partition coefficient (Wildman–Crippen LogP) is 4.27. The van der Waals surface area contributed by atoms with Crippen LogP contribution in [0.1, 0.15) is 65.2 Å². The van der Waals surface area contributed by atoms with E-state index >= 15 is 0 Å². The van der Waals surface area contributed by atoms with E-state index < -0.39 is 5.54 Å². The van der Waals surface area contributed by atoms with Crippen LogP contribution in [0.5, 0.6) is 0 Å². The van der Waals surface area contributed by atoms with E-state index in [9.17, 15) is 9.59 Å². The van der Waals surface area contributed by atoms with Gasteiger partial charge in [0.15, 0.2) is 0 Å². The van der Waals surface area contributed by atoms with Gasteiger partial charge in [-0.25, -0.2) is 9.97 Å². The van der Waals surface area contributed by atoms with Crippen LogP contribution < -0.4 is 10.6 Å². The van der Waals surface area contributed by atoms with Gasteiger partial charge in [0.1, 0.15) is 16.5 Å². The number of rotatable bonds is 7. The number of aromatic nitrogens is 4. The zero-order chi connectivity index (χ0) is 27.7. The van der Waals surface area contributed by atoms with Crippen molar-refractivity contribution in [3.8, 4) is 11.6 Å². The van der Waals surface area contributed by atoms with Gasteiger partial charge in [0.25, 0.3) is 11.8 Å². The molecule has 1 aromatic carbocycles. The number of nitrogens with zero attached hydrogens (tertiary/aromatic N) is 6. The highest BCUT2D eigenvalue weighted by Gasteiger charge is 2.34. The molecule has 2 N–H and O–H groups in total. The van der Waals surface area contributed by atoms with E-state index in [2.05, 4.69) is 20.2 Å². The van der Waals surface area contributed by atoms with Crippen molar-refractivity contribution in [1.29, 1.82) is 0 Å². The molecule has 0 bridgehead atoms. The van der Waals surface area contributed by atoms with Gasteiger partial charge >= 0.3 is 0 Å². The minimum absolute atomic E-state index is 0.0901. The van der Waals surface area contributed by atoms with Gasteiger partial charge in [-0.2, -0.15) is 0 Å². The summed E-state index contributed by atoms with van der Waals surface area (Å²) in [6.07, 6.45) is 2.23. The standard InChI is InChI=1S/C28H31N7O3S/c1-17-16-39-25(30-17)22-11-8-12-35(22)26(37)20-13-21(31-23(14-20)34(4)18(2)36)24-32-33-27(38-24)28(3,29)15-19-9-6-5-7-10-19/h5-7,9-10,13-14,16,22H,8,11-12,15,29H2,1-4H3. The molecule has 10 nitrogen and oxygen atoms in total. The number of aryl methyl sites for hydroxylation is 1. The average molecular weight is 546 g/mol. The number of carbonyl (C=O) groups is 2. The molecular weight excluding hydrogens is 514 g/mol. The van der Waals surface area contributed by atoms with Gasteiger partial charge in [-0.05, 0) is 50.8 Å². The maximum absolute atomic E-state index is 13.8. The van der Waals surface area contributed by atoms with E-state index in [4.69, 9.17) is 10.2 Å². The quantitative estimate of drug-likeness (QED) is 0.364. The van der Waals surface area contributed by atoms with Crippen molar-refractivity contribution in [2.75, 3.05) is 18.5 Å². The molecule has 39 heavy (non-hydrogen) atoms. The van der Waals surface area contributed by atoms with Gasteiger partial charge in [0.05, 0.1) is 11.6 Å². The molecule has 3 aromatic heterocycles. The number of hydrogen-bond acceptors (Lipinski definition) is 9. The molecule has 1 aliphatic heterocycles. The van der Waals surface area contributed by atoms with Crippen LogP contribution in [-0.2, 0) is 16.8 Å². The molecule has 2 atom stereocenters. The van der Waals surface area contributed by atoms with Gasteiger partial charge in [-0.3, -0.25) is 9.59 Å². The molecule has 4 aromatic rings. The summed E-state index contributed by atoms with van der Waals surface area (Å²) in [5, 5.41) is 11.3. The first-order chi connectivity index (χ1) is 18.6. The molecule has 1 fully saturated rings. The summed E-state index contributed by atoms with van der Waals surface area (Å²) in [6, 6.07) is 13.0. The van der Waals surface area contributed by atoms with Gasteiger partial charge in [-0.15, -0.1) is 21.5 Å². The number of amides is 2. The molecule has 4 heterocycles. The molecule has 11 heteroatoms. The Bertz CT molecular complexity index is 1500. The summed E-state index contributed by atoms with van der Waals surface area (Å²) in [4.78, 5) is 38.4. The van der Waals surface area contributed by atoms with Crippen LogP contribution >= 0.6 is 11.3 Å². The fraction of sp³-hybridized carbons (Fsp3) is 0.357. The summed E-state index contributed by atoms with van der Waals surface area (Å²) in [7, 11) is 1.61. The lowest BCUT2D eigenvalue weighted by Gasteiger charge is -2.24. The molecule has 0 radical (unpaired) electrons. The Morgan fingerprint density at radius 3 is 2.67 bits per heavy atom. The Hall–Kier alpha value is -3.96. The summed E-state index contributed by atoms with van der Waals surface area (Å²) in [5.41, 5.74) is 8.30. The van der Waals surface area contributed by atoms with Gasteiger partial charge < -0.3 is 20.0 Å². The number of anilines is 1. The van der Waals surface area contributed by atoms with Gasteiger partial charge in [0, 0.05) is 37.2 Å². The fourth-order valence-electron chi connectivity index (χ4n) is 4.69. The summed E-state index contributed by atoms with van der Waals surface area (Å²) < 4.78 is 6.01. The topological polar surface area (TPSA) is 131 Å². The molecule has 0 aliphatic carbocycles. The second-order valence-electron chi connectivity index (χ2n) is 10.2. The first-order valence-electron chi connectivity index (χ1n) is 12.8. The summed E-state index contributed by atoms with van der Waals surface area (Å²) in [6.45, 7) is 5.83. The first-order valence-corrected chi connectivity index (χ1v) is 13.7. The third kappa shape index (κ3) is 5.59. The normalized spacial score (nSPS) is 16.7. The average Bonchev–Trinajstić information content (AvgIpc) is 3.68. The Morgan fingerprint density at radius 1 is 1.21 bits per heavy atom. The van der Waals surface area contributed by atoms with E-state index in [1.165, 1.54) is 11.8 Å². The Balaban J connectivity index is 1.49. The lowest BCUT2D eigenvalue weighted by atomic mass is 9.94. The first kappa shape index (κ1) is 26.6. The molecule has 202 valence electrons. The molecule has 1 saturated heterocycles. The maximum atomic E-state index is 13.8. The van der Waals surface area contributed by atoms with Crippen molar-refractivity contribution in [2.24, 2.45) is 5.73 Å². The van der Waals surface area contributed by atoms with Crippen LogP contribution in [0.4, 0.5) is 5.82 Å². The van der Waals surface area contributed by atoms with Crippen LogP contribution in [0.25, 0.3) is 11.6 Å². The third-order valence-corrected chi connectivity index (χ3v) is 7.92. The molecule has 0 spiro atoms. The number of pyridine rings is 1. The highest BCUT2D eigenvalue weighted by atomic mass is 32.1. The van der Waals surface area contributed by atoms with E-state index in [0.717, 1.165) is 29.1 Å². The number of nitrogens with two attached hydrogens (primary N) is 1. The van der Waals surface area contributed by atoms with Crippen LogP contribution in [0, 0.1) is 6.92 Å². The number of thiazole rings is 1. The second kappa shape index (κ2) is 10.7. The number of likely N-dealkylation sites (tertiary alicyclic amines) is 1. The van der Waals surface area contributed by atoms with Crippen LogP contribution in [0.3, 0.4) is 0 Å².